The Balaban J connectivity index is 1.53. The molecule has 3 heterocycles. The number of imidazole rings is 1. The zero-order chi connectivity index (χ0) is 29.5. The van der Waals surface area contributed by atoms with Crippen LogP contribution in [0.3, 0.4) is 0 Å². The third kappa shape index (κ3) is 5.63. The Hall–Kier alpha value is -3.25. The summed E-state index contributed by atoms with van der Waals surface area (Å²) < 4.78 is 15.6. The number of carbonyl (C=O) groups excluding carboxylic acids is 1. The number of amides is 1. The molecule has 0 bridgehead atoms. The molecule has 5 rings (SSSR count). The second kappa shape index (κ2) is 11.2. The number of nitrogens with zero attached hydrogens (tertiary/aromatic N) is 5. The first-order valence-electron chi connectivity index (χ1n) is 13.3. The molecule has 1 unspecified atom stereocenters. The molecule has 41 heavy (non-hydrogen) atoms. The number of H-pyrrole nitrogens is 1. The minimum atomic E-state index is -1.22. The van der Waals surface area contributed by atoms with Crippen molar-refractivity contribution < 1.29 is 9.18 Å². The zero-order valence-electron chi connectivity index (χ0n) is 23.3. The van der Waals surface area contributed by atoms with Crippen LogP contribution in [0.5, 0.6) is 0 Å². The predicted molar refractivity (Wildman–Crippen MR) is 168 cm³/mol. The molecule has 3 atom stereocenters. The van der Waals surface area contributed by atoms with Gasteiger partial charge >= 0.3 is 0 Å². The monoisotopic (exact) mass is 687 g/mol. The van der Waals surface area contributed by atoms with Gasteiger partial charge in [-0.1, -0.05) is 85.3 Å². The van der Waals surface area contributed by atoms with Crippen molar-refractivity contribution in [3.8, 4) is 22.4 Å². The van der Waals surface area contributed by atoms with Gasteiger partial charge in [0.2, 0.25) is 0 Å². The van der Waals surface area contributed by atoms with Crippen LogP contribution in [0.1, 0.15) is 57.6 Å². The molecule has 0 fully saturated rings. The molecule has 8 nitrogen and oxygen atoms in total. The highest BCUT2D eigenvalue weighted by Crippen LogP contribution is 2.45. The second-order valence-corrected chi connectivity index (χ2v) is 12.8. The Bertz CT molecular complexity index is 1580. The Morgan fingerprint density at radius 2 is 1.88 bits per heavy atom. The Morgan fingerprint density at radius 1 is 1.15 bits per heavy atom. The molecular weight excluding hydrogens is 656 g/mol. The number of aliphatic imine (C=N–C) groups is 1. The van der Waals surface area contributed by atoms with E-state index in [1.807, 2.05) is 42.5 Å². The van der Waals surface area contributed by atoms with Gasteiger partial charge in [-0.25, -0.2) is 19.0 Å². The fraction of sp³-hybridized carbons (Fsp3) is 0.333. The molecule has 1 aliphatic heterocycles. The number of guanidine groups is 1. The molecule has 1 amide bonds. The minimum Gasteiger partial charge on any atom is -0.369 e. The highest BCUT2D eigenvalue weighted by Gasteiger charge is 2.52. The lowest BCUT2D eigenvalue weighted by Crippen LogP contribution is -2.46. The van der Waals surface area contributed by atoms with Crippen LogP contribution < -0.4 is 5.73 Å². The summed E-state index contributed by atoms with van der Waals surface area (Å²) in [4.78, 5) is 28.3. The smallest absolute Gasteiger partial charge is 0.262 e. The topological polar surface area (TPSA) is 105 Å². The number of halogens is 3. The third-order valence-corrected chi connectivity index (χ3v) is 8.36. The van der Waals surface area contributed by atoms with E-state index in [0.29, 0.717) is 15.9 Å². The molecule has 2 aromatic heterocycles. The van der Waals surface area contributed by atoms with Gasteiger partial charge in [0.15, 0.2) is 17.8 Å². The van der Waals surface area contributed by atoms with E-state index in [1.54, 1.807) is 29.8 Å². The van der Waals surface area contributed by atoms with Gasteiger partial charge in [-0.15, -0.1) is 0 Å². The average molecular weight is 688 g/mol. The van der Waals surface area contributed by atoms with E-state index in [2.05, 4.69) is 58.4 Å². The highest BCUT2D eigenvalue weighted by molar-refractivity contribution is 14.1. The predicted octanol–water partition coefficient (Wildman–Crippen LogP) is 7.05. The molecule has 0 saturated heterocycles. The number of carbonyl (C=O) groups is 1. The molecule has 2 aromatic carbocycles. The zero-order valence-corrected chi connectivity index (χ0v) is 26.2. The number of nitrogens with two attached hydrogens (primary N) is 1. The van der Waals surface area contributed by atoms with E-state index in [0.717, 1.165) is 33.5 Å². The van der Waals surface area contributed by atoms with Gasteiger partial charge in [-0.2, -0.15) is 5.10 Å². The van der Waals surface area contributed by atoms with Crippen LogP contribution in [0, 0.1) is 5.41 Å². The third-order valence-electron chi connectivity index (χ3n) is 7.19. The molecule has 1 aliphatic rings. The molecule has 3 N–H and O–H groups in total. The quantitative estimate of drug-likeness (QED) is 0.153. The Morgan fingerprint density at radius 3 is 2.46 bits per heavy atom. The Kier molecular flexibility index (Phi) is 7.99. The lowest BCUT2D eigenvalue weighted by molar-refractivity contribution is -0.134. The van der Waals surface area contributed by atoms with Gasteiger partial charge in [-0.3, -0.25) is 9.69 Å². The molecule has 4 aromatic rings. The SMILES string of the molecule is CC(F)n1cc(-c2ccc([C@@]3(CC(C)(C)C)N=C(N)N([C@H](CI)c4ccc(Cl)c(-c5cnc[nH]5)c4)C3=O)cc2)cn1. The number of hydrogen-bond acceptors (Lipinski definition) is 5. The first-order valence-corrected chi connectivity index (χ1v) is 15.2. The van der Waals surface area contributed by atoms with E-state index >= 15 is 0 Å². The normalized spacial score (nSPS) is 19.0. The molecule has 214 valence electrons. The molecule has 0 radical (unpaired) electrons. The maximum absolute atomic E-state index is 14.5. The van der Waals surface area contributed by atoms with Crippen LogP contribution in [0.2, 0.25) is 5.02 Å². The van der Waals surface area contributed by atoms with Gasteiger partial charge in [0.25, 0.3) is 5.91 Å². The van der Waals surface area contributed by atoms with Gasteiger partial charge < -0.3 is 10.7 Å². The van der Waals surface area contributed by atoms with Crippen molar-refractivity contribution in [1.29, 1.82) is 0 Å². The van der Waals surface area contributed by atoms with Crippen LogP contribution in [0.15, 0.2) is 72.4 Å². The first kappa shape index (κ1) is 29.2. The summed E-state index contributed by atoms with van der Waals surface area (Å²) in [5.74, 6) is 0.0118. The summed E-state index contributed by atoms with van der Waals surface area (Å²) in [7, 11) is 0. The summed E-state index contributed by atoms with van der Waals surface area (Å²) in [5, 5.41) is 4.68. The van der Waals surface area contributed by atoms with Crippen molar-refractivity contribution in [3.05, 3.63) is 83.5 Å². The molecule has 0 spiro atoms. The first-order chi connectivity index (χ1) is 19.4. The standard InChI is InChI=1S/C30H32ClFIN7O/c1-18(32)39-15-21(13-37-39)19-5-8-22(9-6-19)30(16-29(2,3)4)27(41)40(28(34)38-30)26(12-33)20-7-10-24(31)23(11-20)25-14-35-17-36-25/h5-11,13-15,17-18,26H,12,16H2,1-4H3,(H2,34,38)(H,35,36)/t18?,26-,30-/m1/s1. The van der Waals surface area contributed by atoms with E-state index in [1.165, 1.54) is 11.6 Å². The number of aromatic nitrogens is 4. The maximum Gasteiger partial charge on any atom is 0.262 e. The van der Waals surface area contributed by atoms with Gasteiger partial charge in [0.05, 0.1) is 30.5 Å². The van der Waals surface area contributed by atoms with Crippen molar-refractivity contribution in [1.82, 2.24) is 24.6 Å². The Labute approximate surface area is 257 Å². The second-order valence-electron chi connectivity index (χ2n) is 11.5. The van der Waals surface area contributed by atoms with Gasteiger partial charge in [0.1, 0.15) is 0 Å². The van der Waals surface area contributed by atoms with Crippen molar-refractivity contribution in [2.45, 2.75) is 52.0 Å². The van der Waals surface area contributed by atoms with Gasteiger partial charge in [0, 0.05) is 26.8 Å². The van der Waals surface area contributed by atoms with Crippen molar-refractivity contribution in [3.63, 3.8) is 0 Å². The summed E-state index contributed by atoms with van der Waals surface area (Å²) in [6, 6.07) is 13.0. The average Bonchev–Trinajstić information content (AvgIpc) is 3.67. The van der Waals surface area contributed by atoms with Crippen LogP contribution in [-0.2, 0) is 10.3 Å². The van der Waals surface area contributed by atoms with Crippen LogP contribution in [0.25, 0.3) is 22.4 Å². The van der Waals surface area contributed by atoms with E-state index in [9.17, 15) is 9.18 Å². The lowest BCUT2D eigenvalue weighted by atomic mass is 9.75. The van der Waals surface area contributed by atoms with Crippen LogP contribution in [-0.4, -0.2) is 40.9 Å². The number of nitrogens with one attached hydrogen (secondary N) is 1. The number of aromatic amines is 1. The molecular formula is C30H32ClFIN7O. The number of alkyl halides is 2. The van der Waals surface area contributed by atoms with Crippen LogP contribution >= 0.6 is 34.2 Å². The van der Waals surface area contributed by atoms with Gasteiger partial charge in [-0.05, 0) is 47.6 Å². The summed E-state index contributed by atoms with van der Waals surface area (Å²) >= 11 is 8.80. The maximum atomic E-state index is 14.5. The molecule has 0 saturated carbocycles. The van der Waals surface area contributed by atoms with Crippen molar-refractivity contribution >= 4 is 46.1 Å². The van der Waals surface area contributed by atoms with Crippen molar-refractivity contribution in [2.24, 2.45) is 16.1 Å². The lowest BCUT2D eigenvalue weighted by Gasteiger charge is -2.34. The largest absolute Gasteiger partial charge is 0.369 e. The summed E-state index contributed by atoms with van der Waals surface area (Å²) in [6.07, 6.45) is 5.84. The van der Waals surface area contributed by atoms with E-state index in [-0.39, 0.29) is 23.3 Å². The van der Waals surface area contributed by atoms with Crippen LogP contribution in [0.4, 0.5) is 4.39 Å². The number of hydrogen-bond donors (Lipinski definition) is 2. The molecule has 0 aliphatic carbocycles. The fourth-order valence-corrected chi connectivity index (χ4v) is 6.48. The summed E-state index contributed by atoms with van der Waals surface area (Å²) in [5.41, 5.74) is 10.0. The minimum absolute atomic E-state index is 0.170. The van der Waals surface area contributed by atoms with Crippen molar-refractivity contribution in [2.75, 3.05) is 4.43 Å². The summed E-state index contributed by atoms with van der Waals surface area (Å²) in [6.45, 7) is 7.69. The number of rotatable bonds is 8. The highest BCUT2D eigenvalue weighted by atomic mass is 127. The fourth-order valence-electron chi connectivity index (χ4n) is 5.36. The molecule has 11 heteroatoms. The van der Waals surface area contributed by atoms with E-state index in [4.69, 9.17) is 22.3 Å². The number of benzene rings is 2. The van der Waals surface area contributed by atoms with E-state index < -0.39 is 11.8 Å².